The summed E-state index contributed by atoms with van der Waals surface area (Å²) in [6.07, 6.45) is -0.228. The van der Waals surface area contributed by atoms with Crippen LogP contribution < -0.4 is 20.7 Å². The normalized spacial score (nSPS) is 13.7. The van der Waals surface area contributed by atoms with Crippen LogP contribution in [0.2, 0.25) is 0 Å². The first-order valence-electron chi connectivity index (χ1n) is 13.1. The second-order valence-corrected chi connectivity index (χ2v) is 9.15. The molecule has 3 aromatic rings. The molecule has 1 aliphatic rings. The molecule has 1 aliphatic heterocycles. The van der Waals surface area contributed by atoms with E-state index < -0.39 is 11.7 Å². The van der Waals surface area contributed by atoms with Crippen molar-refractivity contribution in [3.63, 3.8) is 0 Å². The van der Waals surface area contributed by atoms with Gasteiger partial charge in [0.2, 0.25) is 0 Å². The molecule has 3 heterocycles. The first-order chi connectivity index (χ1) is 18.7. The van der Waals surface area contributed by atoms with Crippen molar-refractivity contribution < 1.29 is 17.9 Å². The predicted molar refractivity (Wildman–Crippen MR) is 149 cm³/mol. The van der Waals surface area contributed by atoms with Gasteiger partial charge in [-0.25, -0.2) is 9.97 Å². The number of ether oxygens (including phenoxy) is 1. The highest BCUT2D eigenvalue weighted by atomic mass is 19.4. The SMILES string of the molecule is CC.CNc1cc(-c2ccc(OCCC3CCN(c4ccc(C)cn4)CC3)c(C(F)(F)F)c2)nc(C#N)c1N. The summed E-state index contributed by atoms with van der Waals surface area (Å²) in [5.41, 5.74) is 7.04. The van der Waals surface area contributed by atoms with E-state index >= 15 is 0 Å². The van der Waals surface area contributed by atoms with Crippen LogP contribution in [-0.2, 0) is 6.18 Å². The van der Waals surface area contributed by atoms with E-state index in [9.17, 15) is 18.4 Å². The third kappa shape index (κ3) is 7.31. The van der Waals surface area contributed by atoms with E-state index in [2.05, 4.69) is 20.2 Å². The van der Waals surface area contributed by atoms with Gasteiger partial charge in [-0.1, -0.05) is 19.9 Å². The Morgan fingerprint density at radius 3 is 2.46 bits per heavy atom. The molecule has 3 N–H and O–H groups in total. The largest absolute Gasteiger partial charge is 0.493 e. The van der Waals surface area contributed by atoms with E-state index in [4.69, 9.17) is 10.5 Å². The highest BCUT2D eigenvalue weighted by Crippen LogP contribution is 2.39. The van der Waals surface area contributed by atoms with Gasteiger partial charge in [0.1, 0.15) is 17.6 Å². The molecule has 0 spiro atoms. The van der Waals surface area contributed by atoms with Gasteiger partial charge in [0.25, 0.3) is 0 Å². The highest BCUT2D eigenvalue weighted by molar-refractivity contribution is 5.77. The number of aromatic nitrogens is 2. The minimum atomic E-state index is -4.62. The van der Waals surface area contributed by atoms with Gasteiger partial charge in [-0.3, -0.25) is 0 Å². The lowest BCUT2D eigenvalue weighted by Gasteiger charge is -2.32. The van der Waals surface area contributed by atoms with Gasteiger partial charge in [0.15, 0.2) is 5.69 Å². The number of pyridine rings is 2. The molecule has 4 rings (SSSR count). The number of nitriles is 1. The lowest BCUT2D eigenvalue weighted by atomic mass is 9.94. The summed E-state index contributed by atoms with van der Waals surface area (Å²) in [5.74, 6) is 1.11. The first-order valence-corrected chi connectivity index (χ1v) is 13.1. The van der Waals surface area contributed by atoms with Crippen molar-refractivity contribution in [1.82, 2.24) is 9.97 Å². The second-order valence-electron chi connectivity index (χ2n) is 9.15. The Morgan fingerprint density at radius 1 is 1.15 bits per heavy atom. The number of nitrogen functional groups attached to an aromatic ring is 1. The first kappa shape index (κ1) is 29.6. The third-order valence-electron chi connectivity index (χ3n) is 6.63. The summed E-state index contributed by atoms with van der Waals surface area (Å²) < 4.78 is 47.4. The van der Waals surface area contributed by atoms with E-state index in [1.54, 1.807) is 7.05 Å². The predicted octanol–water partition coefficient (Wildman–Crippen LogP) is 6.68. The molecule has 0 atom stereocenters. The molecule has 0 radical (unpaired) electrons. The minimum absolute atomic E-state index is 0.0556. The Balaban J connectivity index is 0.00000205. The molecule has 1 saturated heterocycles. The van der Waals surface area contributed by atoms with Gasteiger partial charge in [-0.05, 0) is 68.0 Å². The molecule has 1 aromatic carbocycles. The van der Waals surface area contributed by atoms with Crippen LogP contribution >= 0.6 is 0 Å². The van der Waals surface area contributed by atoms with Crippen LogP contribution in [0, 0.1) is 24.2 Å². The number of alkyl halides is 3. The number of nitrogens with zero attached hydrogens (tertiary/aromatic N) is 4. The molecule has 10 heteroatoms. The van der Waals surface area contributed by atoms with Gasteiger partial charge in [-0.2, -0.15) is 18.4 Å². The summed E-state index contributed by atoms with van der Waals surface area (Å²) in [6, 6.07) is 11.3. The molecule has 7 nitrogen and oxygen atoms in total. The highest BCUT2D eigenvalue weighted by Gasteiger charge is 2.35. The van der Waals surface area contributed by atoms with E-state index in [0.29, 0.717) is 18.0 Å². The number of rotatable bonds is 7. The summed E-state index contributed by atoms with van der Waals surface area (Å²) in [5, 5.41) is 12.1. The van der Waals surface area contributed by atoms with Gasteiger partial charge < -0.3 is 20.7 Å². The number of halogens is 3. The maximum Gasteiger partial charge on any atom is 0.419 e. The maximum absolute atomic E-state index is 13.9. The number of aryl methyl sites for hydroxylation is 1. The number of nitrogens with one attached hydrogen (secondary N) is 1. The molecule has 2 aromatic heterocycles. The van der Waals surface area contributed by atoms with Crippen molar-refractivity contribution in [2.75, 3.05) is 42.7 Å². The van der Waals surface area contributed by atoms with Crippen molar-refractivity contribution in [1.29, 1.82) is 5.26 Å². The molecule has 0 saturated carbocycles. The lowest BCUT2D eigenvalue weighted by Crippen LogP contribution is -2.34. The van der Waals surface area contributed by atoms with Crippen LogP contribution in [0.1, 0.15) is 49.9 Å². The molecule has 0 unspecified atom stereocenters. The van der Waals surface area contributed by atoms with E-state index in [-0.39, 0.29) is 35.0 Å². The monoisotopic (exact) mass is 540 g/mol. The van der Waals surface area contributed by atoms with Crippen LogP contribution in [-0.4, -0.2) is 36.7 Å². The fourth-order valence-corrected chi connectivity index (χ4v) is 4.46. The van der Waals surface area contributed by atoms with Gasteiger partial charge in [0, 0.05) is 31.9 Å². The van der Waals surface area contributed by atoms with Gasteiger partial charge in [0.05, 0.1) is 29.2 Å². The zero-order valence-electron chi connectivity index (χ0n) is 22.8. The summed E-state index contributed by atoms with van der Waals surface area (Å²) in [6.45, 7) is 7.91. The van der Waals surface area contributed by atoms with Crippen molar-refractivity contribution in [2.45, 2.75) is 46.2 Å². The quantitative estimate of drug-likeness (QED) is 0.345. The Morgan fingerprint density at radius 2 is 1.87 bits per heavy atom. The molecule has 0 amide bonds. The minimum Gasteiger partial charge on any atom is -0.493 e. The number of piperidine rings is 1. The molecular formula is C29H35F3N6O. The van der Waals surface area contributed by atoms with Crippen LogP contribution in [0.15, 0.2) is 42.6 Å². The van der Waals surface area contributed by atoms with Crippen molar-refractivity contribution in [2.24, 2.45) is 5.92 Å². The zero-order valence-corrected chi connectivity index (χ0v) is 22.8. The van der Waals surface area contributed by atoms with E-state index in [1.807, 2.05) is 45.2 Å². The van der Waals surface area contributed by atoms with Crippen LogP contribution in [0.4, 0.5) is 30.4 Å². The number of hydrogen-bond donors (Lipinski definition) is 2. The Labute approximate surface area is 227 Å². The summed E-state index contributed by atoms with van der Waals surface area (Å²) in [7, 11) is 1.61. The number of benzene rings is 1. The third-order valence-corrected chi connectivity index (χ3v) is 6.63. The summed E-state index contributed by atoms with van der Waals surface area (Å²) in [4.78, 5) is 10.8. The molecule has 0 bridgehead atoms. The average molecular weight is 541 g/mol. The molecule has 0 aliphatic carbocycles. The average Bonchev–Trinajstić information content (AvgIpc) is 2.95. The van der Waals surface area contributed by atoms with E-state index in [0.717, 1.165) is 43.4 Å². The molecule has 208 valence electrons. The van der Waals surface area contributed by atoms with Crippen molar-refractivity contribution in [3.8, 4) is 23.1 Å². The Hall–Kier alpha value is -4.00. The standard InChI is InChI=1S/C27H29F3N6O.C2H6/c1-17-3-6-25(34-16-17)36-10-7-18(8-11-36)9-12-37-24-5-4-19(13-20(24)27(28,29)30)21-14-22(33-2)26(32)23(15-31)35-21;1-2/h3-6,13-14,16,18H,7-12,32H2,1-2H3,(H,33,35);1-2H3. The molecular weight excluding hydrogens is 505 g/mol. The number of hydrogen-bond acceptors (Lipinski definition) is 7. The topological polar surface area (TPSA) is 100 Å². The van der Waals surface area contributed by atoms with Gasteiger partial charge in [-0.15, -0.1) is 0 Å². The maximum atomic E-state index is 13.9. The van der Waals surface area contributed by atoms with Crippen LogP contribution in [0.3, 0.4) is 0 Å². The fraction of sp³-hybridized carbons (Fsp3) is 0.414. The lowest BCUT2D eigenvalue weighted by molar-refractivity contribution is -0.138. The molecule has 1 fully saturated rings. The van der Waals surface area contributed by atoms with Crippen molar-refractivity contribution >= 4 is 17.2 Å². The number of nitrogens with two attached hydrogens (primary N) is 1. The molecule has 39 heavy (non-hydrogen) atoms. The Kier molecular flexibility index (Phi) is 9.99. The van der Waals surface area contributed by atoms with Gasteiger partial charge >= 0.3 is 6.18 Å². The zero-order chi connectivity index (χ0) is 28.6. The van der Waals surface area contributed by atoms with Crippen molar-refractivity contribution in [3.05, 3.63) is 59.4 Å². The van der Waals surface area contributed by atoms with E-state index in [1.165, 1.54) is 18.2 Å². The summed E-state index contributed by atoms with van der Waals surface area (Å²) >= 11 is 0. The fourth-order valence-electron chi connectivity index (χ4n) is 4.46. The van der Waals surface area contributed by atoms with Crippen LogP contribution in [0.25, 0.3) is 11.3 Å². The Bertz CT molecular complexity index is 1280. The smallest absolute Gasteiger partial charge is 0.419 e. The van der Waals surface area contributed by atoms with Crippen LogP contribution in [0.5, 0.6) is 5.75 Å². The second kappa shape index (κ2) is 13.2. The number of anilines is 3.